The van der Waals surface area contributed by atoms with Crippen LogP contribution in [0.1, 0.15) is 22.3 Å². The van der Waals surface area contributed by atoms with Crippen molar-refractivity contribution in [2.75, 3.05) is 6.54 Å². The van der Waals surface area contributed by atoms with Crippen LogP contribution in [0, 0.1) is 6.92 Å². The van der Waals surface area contributed by atoms with E-state index in [4.69, 9.17) is 0 Å². The van der Waals surface area contributed by atoms with Gasteiger partial charge in [-0.2, -0.15) is 5.10 Å². The van der Waals surface area contributed by atoms with Crippen molar-refractivity contribution in [2.45, 2.75) is 19.9 Å². The Morgan fingerprint density at radius 3 is 2.78 bits per heavy atom. The van der Waals surface area contributed by atoms with Gasteiger partial charge in [-0.15, -0.1) is 0 Å². The van der Waals surface area contributed by atoms with Crippen LogP contribution in [0.3, 0.4) is 0 Å². The van der Waals surface area contributed by atoms with Crippen molar-refractivity contribution in [2.24, 2.45) is 0 Å². The number of carbonyl (C=O) groups excluding carboxylic acids is 1. The number of hydrogen-bond acceptors (Lipinski definition) is 2. The topological polar surface area (TPSA) is 46.9 Å². The summed E-state index contributed by atoms with van der Waals surface area (Å²) in [6, 6.07) is 9.25. The minimum atomic E-state index is -0.0211. The highest BCUT2D eigenvalue weighted by atomic mass is 16.1. The Labute approximate surface area is 107 Å². The zero-order valence-electron chi connectivity index (χ0n) is 10.5. The van der Waals surface area contributed by atoms with Gasteiger partial charge in [0, 0.05) is 24.8 Å². The van der Waals surface area contributed by atoms with E-state index in [2.05, 4.69) is 10.4 Å². The molecule has 1 N–H and O–H groups in total. The second-order valence-electron chi connectivity index (χ2n) is 4.26. The molecule has 2 aromatic rings. The maximum absolute atomic E-state index is 11.7. The summed E-state index contributed by atoms with van der Waals surface area (Å²) in [5.74, 6) is -0.0211. The van der Waals surface area contributed by atoms with E-state index < -0.39 is 0 Å². The van der Waals surface area contributed by atoms with E-state index in [1.165, 1.54) is 0 Å². The van der Waals surface area contributed by atoms with E-state index >= 15 is 0 Å². The van der Waals surface area contributed by atoms with E-state index in [0.717, 1.165) is 18.5 Å². The van der Waals surface area contributed by atoms with Gasteiger partial charge in [-0.25, -0.2) is 0 Å². The molecule has 0 fully saturated rings. The lowest BCUT2D eigenvalue weighted by Crippen LogP contribution is -2.25. The third-order valence-corrected chi connectivity index (χ3v) is 2.65. The monoisotopic (exact) mass is 243 g/mol. The molecule has 0 saturated carbocycles. The van der Waals surface area contributed by atoms with Gasteiger partial charge in [0.15, 0.2) is 0 Å². The molecule has 0 radical (unpaired) electrons. The van der Waals surface area contributed by atoms with Crippen LogP contribution >= 0.6 is 0 Å². The molecule has 18 heavy (non-hydrogen) atoms. The maximum atomic E-state index is 11.7. The lowest BCUT2D eigenvalue weighted by atomic mass is 10.2. The van der Waals surface area contributed by atoms with Crippen LogP contribution in [0.5, 0.6) is 0 Å². The molecule has 0 unspecified atom stereocenters. The van der Waals surface area contributed by atoms with Crippen molar-refractivity contribution >= 4 is 5.91 Å². The van der Waals surface area contributed by atoms with Crippen LogP contribution in [0.15, 0.2) is 42.7 Å². The van der Waals surface area contributed by atoms with Crippen LogP contribution in [0.2, 0.25) is 0 Å². The fraction of sp³-hybridized carbons (Fsp3) is 0.286. The zero-order chi connectivity index (χ0) is 12.8. The van der Waals surface area contributed by atoms with Crippen molar-refractivity contribution < 1.29 is 4.79 Å². The van der Waals surface area contributed by atoms with Gasteiger partial charge in [-0.3, -0.25) is 9.48 Å². The first-order valence-corrected chi connectivity index (χ1v) is 6.08. The SMILES string of the molecule is Cc1cnn(CCCNC(=O)c2ccccc2)c1. The Bertz CT molecular complexity index is 505. The lowest BCUT2D eigenvalue weighted by molar-refractivity contribution is 0.0952. The zero-order valence-corrected chi connectivity index (χ0v) is 10.5. The van der Waals surface area contributed by atoms with Crippen molar-refractivity contribution in [1.82, 2.24) is 15.1 Å². The molecule has 0 aliphatic carbocycles. The quantitative estimate of drug-likeness (QED) is 0.817. The smallest absolute Gasteiger partial charge is 0.251 e. The van der Waals surface area contributed by atoms with Crippen molar-refractivity contribution in [3.63, 3.8) is 0 Å². The summed E-state index contributed by atoms with van der Waals surface area (Å²) in [7, 11) is 0. The molecule has 94 valence electrons. The summed E-state index contributed by atoms with van der Waals surface area (Å²) in [5, 5.41) is 7.09. The molecule has 0 bridgehead atoms. The molecule has 2 rings (SSSR count). The number of aromatic nitrogens is 2. The normalized spacial score (nSPS) is 10.3. The number of nitrogens with one attached hydrogen (secondary N) is 1. The maximum Gasteiger partial charge on any atom is 0.251 e. The summed E-state index contributed by atoms with van der Waals surface area (Å²) in [6.45, 7) is 3.50. The van der Waals surface area contributed by atoms with Gasteiger partial charge in [-0.1, -0.05) is 18.2 Å². The first-order valence-electron chi connectivity index (χ1n) is 6.08. The fourth-order valence-electron chi connectivity index (χ4n) is 1.72. The summed E-state index contributed by atoms with van der Waals surface area (Å²) in [5.41, 5.74) is 1.86. The van der Waals surface area contributed by atoms with Crippen LogP contribution in [0.25, 0.3) is 0 Å². The molecule has 4 heteroatoms. The van der Waals surface area contributed by atoms with Crippen molar-refractivity contribution in [3.8, 4) is 0 Å². The van der Waals surface area contributed by atoms with E-state index in [-0.39, 0.29) is 5.91 Å². The number of rotatable bonds is 5. The van der Waals surface area contributed by atoms with E-state index in [9.17, 15) is 4.79 Å². The average Bonchev–Trinajstić information content (AvgIpc) is 2.81. The molecule has 0 aliphatic heterocycles. The summed E-state index contributed by atoms with van der Waals surface area (Å²) in [6.07, 6.45) is 4.71. The molecular weight excluding hydrogens is 226 g/mol. The summed E-state index contributed by atoms with van der Waals surface area (Å²) >= 11 is 0. The van der Waals surface area contributed by atoms with E-state index in [1.54, 1.807) is 0 Å². The highest BCUT2D eigenvalue weighted by Crippen LogP contribution is 1.98. The Morgan fingerprint density at radius 2 is 2.11 bits per heavy atom. The van der Waals surface area contributed by atoms with Gasteiger partial charge in [0.05, 0.1) is 6.20 Å². The third kappa shape index (κ3) is 3.45. The molecule has 4 nitrogen and oxygen atoms in total. The molecule has 1 amide bonds. The minimum Gasteiger partial charge on any atom is -0.352 e. The highest BCUT2D eigenvalue weighted by molar-refractivity contribution is 5.94. The summed E-state index contributed by atoms with van der Waals surface area (Å²) in [4.78, 5) is 11.7. The number of hydrogen-bond donors (Lipinski definition) is 1. The second-order valence-corrected chi connectivity index (χ2v) is 4.26. The predicted molar refractivity (Wildman–Crippen MR) is 70.4 cm³/mol. The van der Waals surface area contributed by atoms with Gasteiger partial charge < -0.3 is 5.32 Å². The van der Waals surface area contributed by atoms with Crippen molar-refractivity contribution in [3.05, 3.63) is 53.9 Å². The molecule has 1 aromatic carbocycles. The second kappa shape index (κ2) is 6.00. The van der Waals surface area contributed by atoms with Crippen LogP contribution in [-0.4, -0.2) is 22.2 Å². The number of nitrogens with zero attached hydrogens (tertiary/aromatic N) is 2. The van der Waals surface area contributed by atoms with Gasteiger partial charge in [0.25, 0.3) is 5.91 Å². The number of benzene rings is 1. The number of carbonyl (C=O) groups is 1. The third-order valence-electron chi connectivity index (χ3n) is 2.65. The lowest BCUT2D eigenvalue weighted by Gasteiger charge is -2.05. The van der Waals surface area contributed by atoms with Crippen molar-refractivity contribution in [1.29, 1.82) is 0 Å². The molecule has 0 saturated heterocycles. The fourth-order valence-corrected chi connectivity index (χ4v) is 1.72. The van der Waals surface area contributed by atoms with Gasteiger partial charge in [-0.05, 0) is 31.0 Å². The highest BCUT2D eigenvalue weighted by Gasteiger charge is 2.02. The van der Waals surface area contributed by atoms with Crippen LogP contribution in [0.4, 0.5) is 0 Å². The predicted octanol–water partition coefficient (Wildman–Crippen LogP) is 2.01. The van der Waals surface area contributed by atoms with Gasteiger partial charge in [0.1, 0.15) is 0 Å². The average molecular weight is 243 g/mol. The largest absolute Gasteiger partial charge is 0.352 e. The molecule has 0 atom stereocenters. The Kier molecular flexibility index (Phi) is 4.12. The first kappa shape index (κ1) is 12.4. The Morgan fingerprint density at radius 1 is 1.33 bits per heavy atom. The Balaban J connectivity index is 1.71. The number of amides is 1. The summed E-state index contributed by atoms with van der Waals surface area (Å²) < 4.78 is 1.89. The van der Waals surface area contributed by atoms with Gasteiger partial charge >= 0.3 is 0 Å². The van der Waals surface area contributed by atoms with Crippen LogP contribution in [-0.2, 0) is 6.54 Å². The minimum absolute atomic E-state index is 0.0211. The first-order chi connectivity index (χ1) is 8.75. The number of aryl methyl sites for hydroxylation is 2. The van der Waals surface area contributed by atoms with Gasteiger partial charge in [0.2, 0.25) is 0 Å². The molecular formula is C14H17N3O. The molecule has 0 spiro atoms. The van der Waals surface area contributed by atoms with Crippen LogP contribution < -0.4 is 5.32 Å². The van der Waals surface area contributed by atoms with E-state index in [0.29, 0.717) is 12.1 Å². The molecule has 1 aromatic heterocycles. The molecule has 0 aliphatic rings. The molecule has 1 heterocycles. The Hall–Kier alpha value is -2.10. The standard InChI is InChI=1S/C14H17N3O/c1-12-10-16-17(11-12)9-5-8-15-14(18)13-6-3-2-4-7-13/h2-4,6-7,10-11H,5,8-9H2,1H3,(H,15,18). The van der Waals surface area contributed by atoms with E-state index in [1.807, 2.05) is 54.3 Å².